The molecule has 2 rings (SSSR count). The number of aromatic nitrogens is 2. The molecule has 2 heterocycles. The smallest absolute Gasteiger partial charge is 0.350 e. The third kappa shape index (κ3) is 3.33. The maximum atomic E-state index is 11.8. The molecule has 1 amide bonds. The molecule has 0 spiro atoms. The number of hydrogen-bond donors (Lipinski definition) is 1. The highest BCUT2D eigenvalue weighted by Gasteiger charge is 2.14. The van der Waals surface area contributed by atoms with Gasteiger partial charge >= 0.3 is 5.97 Å². The summed E-state index contributed by atoms with van der Waals surface area (Å²) in [6.07, 6.45) is 6.46. The second-order valence-electron chi connectivity index (χ2n) is 3.92. The molecule has 2 aromatic rings. The highest BCUT2D eigenvalue weighted by Crippen LogP contribution is 2.23. The monoisotopic (exact) mass is 291 g/mol. The standard InChI is InChI=1S/C13H13N3O3S/c1-16-8-9(7-14-16)3-4-11(17)15-10-5-6-20-12(10)13(18)19-2/h3-8H,1-2H3,(H,15,17)/b4-3-. The molecule has 0 aliphatic carbocycles. The number of amides is 1. The van der Waals surface area contributed by atoms with Crippen molar-refractivity contribution in [1.82, 2.24) is 9.78 Å². The fourth-order valence-corrected chi connectivity index (χ4v) is 2.30. The summed E-state index contributed by atoms with van der Waals surface area (Å²) in [5, 5.41) is 8.35. The zero-order valence-corrected chi connectivity index (χ0v) is 11.8. The van der Waals surface area contributed by atoms with Crippen LogP contribution in [0.3, 0.4) is 0 Å². The molecule has 0 atom stereocenters. The first-order valence-electron chi connectivity index (χ1n) is 5.73. The predicted molar refractivity (Wildman–Crippen MR) is 76.5 cm³/mol. The number of methoxy groups -OCH3 is 1. The van der Waals surface area contributed by atoms with E-state index in [1.54, 1.807) is 41.6 Å². The van der Waals surface area contributed by atoms with E-state index in [4.69, 9.17) is 0 Å². The molecule has 1 N–H and O–H groups in total. The summed E-state index contributed by atoms with van der Waals surface area (Å²) in [4.78, 5) is 23.6. The number of nitrogens with zero attached hydrogens (tertiary/aromatic N) is 2. The Balaban J connectivity index is 2.03. The van der Waals surface area contributed by atoms with Crippen LogP contribution in [0.5, 0.6) is 0 Å². The van der Waals surface area contributed by atoms with E-state index in [1.807, 2.05) is 0 Å². The van der Waals surface area contributed by atoms with Crippen molar-refractivity contribution in [3.05, 3.63) is 40.4 Å². The number of ether oxygens (including phenoxy) is 1. The van der Waals surface area contributed by atoms with Gasteiger partial charge in [-0.1, -0.05) is 0 Å². The molecule has 0 bridgehead atoms. The maximum absolute atomic E-state index is 11.8. The first-order chi connectivity index (χ1) is 9.60. The minimum absolute atomic E-state index is 0.322. The van der Waals surface area contributed by atoms with E-state index in [0.717, 1.165) is 5.56 Å². The Labute approximate surface area is 119 Å². The van der Waals surface area contributed by atoms with Gasteiger partial charge in [-0.3, -0.25) is 9.48 Å². The third-order valence-corrected chi connectivity index (χ3v) is 3.34. The Bertz CT molecular complexity index is 657. The van der Waals surface area contributed by atoms with Gasteiger partial charge in [0.05, 0.1) is 19.0 Å². The van der Waals surface area contributed by atoms with Gasteiger partial charge in [0.2, 0.25) is 5.91 Å². The first kappa shape index (κ1) is 14.0. The number of carbonyl (C=O) groups is 2. The van der Waals surface area contributed by atoms with Gasteiger partial charge in [0.25, 0.3) is 0 Å². The van der Waals surface area contributed by atoms with Crippen molar-refractivity contribution in [3.8, 4) is 0 Å². The molecule has 7 heteroatoms. The fraction of sp³-hybridized carbons (Fsp3) is 0.154. The molecule has 0 aromatic carbocycles. The second kappa shape index (κ2) is 6.16. The fourth-order valence-electron chi connectivity index (χ4n) is 1.53. The predicted octanol–water partition coefficient (Wildman–Crippen LogP) is 1.92. The summed E-state index contributed by atoms with van der Waals surface area (Å²) < 4.78 is 6.28. The largest absolute Gasteiger partial charge is 0.465 e. The van der Waals surface area contributed by atoms with Crippen LogP contribution in [0.15, 0.2) is 29.9 Å². The number of hydrogen-bond acceptors (Lipinski definition) is 5. The van der Waals surface area contributed by atoms with E-state index in [-0.39, 0.29) is 5.91 Å². The normalized spacial score (nSPS) is 10.7. The molecule has 6 nitrogen and oxygen atoms in total. The summed E-state index contributed by atoms with van der Waals surface area (Å²) in [5.41, 5.74) is 1.27. The van der Waals surface area contributed by atoms with Gasteiger partial charge in [0, 0.05) is 24.9 Å². The average molecular weight is 291 g/mol. The van der Waals surface area contributed by atoms with E-state index in [9.17, 15) is 9.59 Å². The molecule has 104 valence electrons. The lowest BCUT2D eigenvalue weighted by Gasteiger charge is -2.02. The minimum Gasteiger partial charge on any atom is -0.465 e. The van der Waals surface area contributed by atoms with Gasteiger partial charge in [0.15, 0.2) is 0 Å². The van der Waals surface area contributed by atoms with Gasteiger partial charge in [-0.2, -0.15) is 5.10 Å². The highest BCUT2D eigenvalue weighted by molar-refractivity contribution is 7.12. The van der Waals surface area contributed by atoms with Gasteiger partial charge in [0.1, 0.15) is 4.88 Å². The number of carbonyl (C=O) groups excluding carboxylic acids is 2. The van der Waals surface area contributed by atoms with Crippen LogP contribution in [0.4, 0.5) is 5.69 Å². The second-order valence-corrected chi connectivity index (χ2v) is 4.84. The van der Waals surface area contributed by atoms with Crippen LogP contribution in [-0.4, -0.2) is 28.8 Å². The van der Waals surface area contributed by atoms with Crippen molar-refractivity contribution in [1.29, 1.82) is 0 Å². The molecule has 0 aliphatic heterocycles. The lowest BCUT2D eigenvalue weighted by Crippen LogP contribution is -2.10. The molecule has 0 unspecified atom stereocenters. The van der Waals surface area contributed by atoms with Crippen molar-refractivity contribution < 1.29 is 14.3 Å². The Hall–Kier alpha value is -2.41. The van der Waals surface area contributed by atoms with Crippen LogP contribution in [0.25, 0.3) is 6.08 Å². The summed E-state index contributed by atoms with van der Waals surface area (Å²) in [7, 11) is 3.10. The van der Waals surface area contributed by atoms with E-state index in [2.05, 4.69) is 15.2 Å². The molecule has 0 saturated heterocycles. The van der Waals surface area contributed by atoms with Crippen LogP contribution in [0, 0.1) is 0 Å². The lowest BCUT2D eigenvalue weighted by atomic mass is 10.3. The van der Waals surface area contributed by atoms with E-state index >= 15 is 0 Å². The van der Waals surface area contributed by atoms with Crippen LogP contribution in [0.1, 0.15) is 15.2 Å². The molecule has 20 heavy (non-hydrogen) atoms. The van der Waals surface area contributed by atoms with Crippen molar-refractivity contribution >= 4 is 35.0 Å². The quantitative estimate of drug-likeness (QED) is 0.690. The van der Waals surface area contributed by atoms with Crippen LogP contribution >= 0.6 is 11.3 Å². The van der Waals surface area contributed by atoms with Crippen LogP contribution in [-0.2, 0) is 16.6 Å². The number of rotatable bonds is 4. The number of esters is 1. The van der Waals surface area contributed by atoms with Crippen molar-refractivity contribution in [2.45, 2.75) is 0 Å². The summed E-state index contributed by atoms with van der Waals surface area (Å²) in [6, 6.07) is 1.66. The molecule has 0 fully saturated rings. The van der Waals surface area contributed by atoms with Crippen molar-refractivity contribution in [2.24, 2.45) is 7.05 Å². The van der Waals surface area contributed by atoms with Gasteiger partial charge in [-0.25, -0.2) is 4.79 Å². The van der Waals surface area contributed by atoms with E-state index in [0.29, 0.717) is 10.6 Å². The lowest BCUT2D eigenvalue weighted by molar-refractivity contribution is -0.111. The number of thiophene rings is 1. The van der Waals surface area contributed by atoms with E-state index < -0.39 is 5.97 Å². The molecule has 0 aliphatic rings. The minimum atomic E-state index is -0.466. The zero-order valence-electron chi connectivity index (χ0n) is 11.0. The molecule has 2 aromatic heterocycles. The zero-order chi connectivity index (χ0) is 14.5. The summed E-state index contributed by atoms with van der Waals surface area (Å²) in [5.74, 6) is -0.788. The molecule has 0 saturated carbocycles. The van der Waals surface area contributed by atoms with Gasteiger partial charge < -0.3 is 10.1 Å². The van der Waals surface area contributed by atoms with Crippen molar-refractivity contribution in [3.63, 3.8) is 0 Å². The van der Waals surface area contributed by atoms with Gasteiger partial charge in [-0.15, -0.1) is 11.3 Å². The topological polar surface area (TPSA) is 73.2 Å². The SMILES string of the molecule is COC(=O)c1sccc1NC(=O)/C=C\c1cnn(C)c1. The van der Waals surface area contributed by atoms with Crippen LogP contribution < -0.4 is 5.32 Å². The molecule has 0 radical (unpaired) electrons. The summed E-state index contributed by atoms with van der Waals surface area (Å²) >= 11 is 1.22. The average Bonchev–Trinajstić information content (AvgIpc) is 3.04. The van der Waals surface area contributed by atoms with Crippen LogP contribution in [0.2, 0.25) is 0 Å². The Morgan fingerprint density at radius 1 is 1.50 bits per heavy atom. The van der Waals surface area contributed by atoms with Gasteiger partial charge in [-0.05, 0) is 17.5 Å². The highest BCUT2D eigenvalue weighted by atomic mass is 32.1. The molecular weight excluding hydrogens is 278 g/mol. The van der Waals surface area contributed by atoms with E-state index in [1.165, 1.54) is 24.5 Å². The number of nitrogens with one attached hydrogen (secondary N) is 1. The first-order valence-corrected chi connectivity index (χ1v) is 6.61. The number of anilines is 1. The maximum Gasteiger partial charge on any atom is 0.350 e. The van der Waals surface area contributed by atoms with Crippen molar-refractivity contribution in [2.75, 3.05) is 12.4 Å². The Kier molecular flexibility index (Phi) is 4.31. The Morgan fingerprint density at radius 2 is 2.30 bits per heavy atom. The Morgan fingerprint density at radius 3 is 2.95 bits per heavy atom. The number of aryl methyl sites for hydroxylation is 1. The third-order valence-electron chi connectivity index (χ3n) is 2.45. The summed E-state index contributed by atoms with van der Waals surface area (Å²) in [6.45, 7) is 0. The molecular formula is C13H13N3O3S.